The van der Waals surface area contributed by atoms with E-state index in [9.17, 15) is 9.90 Å². The van der Waals surface area contributed by atoms with Crippen molar-refractivity contribution in [1.29, 1.82) is 0 Å². The zero-order valence-electron chi connectivity index (χ0n) is 9.72. The van der Waals surface area contributed by atoms with Crippen LogP contribution in [0.15, 0.2) is 18.3 Å². The van der Waals surface area contributed by atoms with E-state index < -0.39 is 6.10 Å². The molecule has 2 rings (SSSR count). The number of aliphatic hydroxyl groups is 1. The van der Waals surface area contributed by atoms with Gasteiger partial charge in [-0.3, -0.25) is 9.78 Å². The van der Waals surface area contributed by atoms with E-state index in [0.29, 0.717) is 13.0 Å². The fourth-order valence-electron chi connectivity index (χ4n) is 1.69. The number of thioether (sulfide) groups is 1. The topological polar surface area (TPSA) is 62.2 Å². The van der Waals surface area contributed by atoms with Crippen LogP contribution in [0.1, 0.15) is 17.7 Å². The normalized spacial score (nSPS) is 24.5. The van der Waals surface area contributed by atoms with Gasteiger partial charge in [-0.1, -0.05) is 6.07 Å². The Bertz CT molecular complexity index is 394. The molecule has 2 heterocycles. The molecule has 1 saturated heterocycles. The number of aromatic nitrogens is 1. The number of aliphatic hydroxyl groups excluding tert-OH is 1. The summed E-state index contributed by atoms with van der Waals surface area (Å²) in [6.07, 6.45) is 1.53. The average Bonchev–Trinajstić information content (AvgIpc) is 2.33. The second kappa shape index (κ2) is 5.51. The first-order valence-corrected chi connectivity index (χ1v) is 6.69. The van der Waals surface area contributed by atoms with E-state index in [0.717, 1.165) is 17.0 Å². The highest BCUT2D eigenvalue weighted by molar-refractivity contribution is 7.99. The third-order valence-corrected chi connectivity index (χ3v) is 4.03. The van der Waals surface area contributed by atoms with Crippen molar-refractivity contribution in [2.45, 2.75) is 30.5 Å². The highest BCUT2D eigenvalue weighted by Crippen LogP contribution is 2.22. The number of nitrogens with one attached hydrogen (secondary N) is 1. The number of aryl methyl sites for hydroxylation is 1. The third-order valence-electron chi connectivity index (χ3n) is 2.73. The smallest absolute Gasteiger partial charge is 0.248 e. The third kappa shape index (κ3) is 3.44. The van der Waals surface area contributed by atoms with Crippen LogP contribution in [0, 0.1) is 6.92 Å². The van der Waals surface area contributed by atoms with Crippen LogP contribution in [0.3, 0.4) is 0 Å². The van der Waals surface area contributed by atoms with E-state index in [4.69, 9.17) is 0 Å². The molecule has 92 valence electrons. The largest absolute Gasteiger partial charge is 0.383 e. The molecular weight excluding hydrogens is 236 g/mol. The lowest BCUT2D eigenvalue weighted by molar-refractivity contribution is -0.131. The molecule has 0 saturated carbocycles. The van der Waals surface area contributed by atoms with E-state index in [-0.39, 0.29) is 11.2 Å². The van der Waals surface area contributed by atoms with Crippen LogP contribution in [-0.4, -0.2) is 33.9 Å². The Labute approximate surface area is 105 Å². The van der Waals surface area contributed by atoms with Gasteiger partial charge in [-0.05, 0) is 25.0 Å². The molecule has 1 fully saturated rings. The van der Waals surface area contributed by atoms with Crippen molar-refractivity contribution in [3.05, 3.63) is 29.6 Å². The maximum absolute atomic E-state index is 11.1. The summed E-state index contributed by atoms with van der Waals surface area (Å²) in [7, 11) is 0. The zero-order valence-corrected chi connectivity index (χ0v) is 10.5. The first kappa shape index (κ1) is 12.4. The van der Waals surface area contributed by atoms with Crippen molar-refractivity contribution in [3.8, 4) is 0 Å². The summed E-state index contributed by atoms with van der Waals surface area (Å²) in [5.74, 6) is 0.559. The molecule has 2 N–H and O–H groups in total. The summed E-state index contributed by atoms with van der Waals surface area (Å²) in [4.78, 5) is 15.4. The Morgan fingerprint density at radius 1 is 1.59 bits per heavy atom. The molecule has 1 amide bonds. The number of carbonyl (C=O) groups is 1. The minimum absolute atomic E-state index is 0.254. The first-order chi connectivity index (χ1) is 8.15. The first-order valence-electron chi connectivity index (χ1n) is 5.64. The summed E-state index contributed by atoms with van der Waals surface area (Å²) >= 11 is 1.72. The van der Waals surface area contributed by atoms with Gasteiger partial charge >= 0.3 is 0 Å². The zero-order chi connectivity index (χ0) is 12.3. The Balaban J connectivity index is 1.82. The second-order valence-corrected chi connectivity index (χ2v) is 5.55. The summed E-state index contributed by atoms with van der Waals surface area (Å²) < 4.78 is 0. The lowest BCUT2D eigenvalue weighted by atomic mass is 10.1. The van der Waals surface area contributed by atoms with E-state index in [1.165, 1.54) is 0 Å². The van der Waals surface area contributed by atoms with Gasteiger partial charge < -0.3 is 10.4 Å². The average molecular weight is 252 g/mol. The van der Waals surface area contributed by atoms with E-state index >= 15 is 0 Å². The molecule has 1 aromatic rings. The number of rotatable bonds is 3. The number of hydrogen-bond acceptors (Lipinski definition) is 4. The van der Waals surface area contributed by atoms with Crippen LogP contribution in [0.4, 0.5) is 0 Å². The number of carbonyl (C=O) groups excluding carboxylic acids is 1. The minimum Gasteiger partial charge on any atom is -0.383 e. The molecule has 2 atom stereocenters. The van der Waals surface area contributed by atoms with Crippen molar-refractivity contribution in [1.82, 2.24) is 10.3 Å². The number of hydrogen-bond donors (Lipinski definition) is 2. The maximum Gasteiger partial charge on any atom is 0.248 e. The van der Waals surface area contributed by atoms with Crippen LogP contribution in [0.25, 0.3) is 0 Å². The molecule has 0 aliphatic carbocycles. The van der Waals surface area contributed by atoms with Crippen molar-refractivity contribution in [3.63, 3.8) is 0 Å². The SMILES string of the molecule is Cc1ccc(CSC2CNC(=O)C(O)C2)nc1. The molecule has 0 spiro atoms. The van der Waals surface area contributed by atoms with Crippen LogP contribution in [0.2, 0.25) is 0 Å². The van der Waals surface area contributed by atoms with Crippen LogP contribution >= 0.6 is 11.8 Å². The minimum atomic E-state index is -0.854. The highest BCUT2D eigenvalue weighted by atomic mass is 32.2. The summed E-state index contributed by atoms with van der Waals surface area (Å²) in [5.41, 5.74) is 2.19. The Morgan fingerprint density at radius 2 is 2.41 bits per heavy atom. The van der Waals surface area contributed by atoms with Crippen molar-refractivity contribution in [2.24, 2.45) is 0 Å². The Kier molecular flexibility index (Phi) is 4.02. The molecule has 5 heteroatoms. The lowest BCUT2D eigenvalue weighted by Crippen LogP contribution is -2.46. The molecule has 2 unspecified atom stereocenters. The number of amides is 1. The number of piperidine rings is 1. The highest BCUT2D eigenvalue weighted by Gasteiger charge is 2.26. The van der Waals surface area contributed by atoms with Gasteiger partial charge in [-0.15, -0.1) is 0 Å². The van der Waals surface area contributed by atoms with E-state index in [2.05, 4.69) is 10.3 Å². The van der Waals surface area contributed by atoms with Crippen LogP contribution in [-0.2, 0) is 10.5 Å². The van der Waals surface area contributed by atoms with Crippen molar-refractivity contribution < 1.29 is 9.90 Å². The molecule has 0 aromatic carbocycles. The van der Waals surface area contributed by atoms with Gasteiger partial charge in [0, 0.05) is 23.7 Å². The quantitative estimate of drug-likeness (QED) is 0.838. The molecule has 0 radical (unpaired) electrons. The Hall–Kier alpha value is -1.07. The van der Waals surface area contributed by atoms with Crippen molar-refractivity contribution in [2.75, 3.05) is 6.54 Å². The van der Waals surface area contributed by atoms with E-state index in [1.54, 1.807) is 11.8 Å². The Morgan fingerprint density at radius 3 is 3.06 bits per heavy atom. The molecular formula is C12H16N2O2S. The van der Waals surface area contributed by atoms with Crippen LogP contribution < -0.4 is 5.32 Å². The summed E-state index contributed by atoms with van der Waals surface area (Å²) in [5, 5.41) is 12.4. The molecule has 1 aliphatic heterocycles. The second-order valence-electron chi connectivity index (χ2n) is 4.26. The van der Waals surface area contributed by atoms with Crippen LogP contribution in [0.5, 0.6) is 0 Å². The predicted molar refractivity (Wildman–Crippen MR) is 67.7 cm³/mol. The standard InChI is InChI=1S/C12H16N2O2S/c1-8-2-3-9(13-5-8)7-17-10-4-11(15)12(16)14-6-10/h2-3,5,10-11,15H,4,6-7H2,1H3,(H,14,16). The fourth-order valence-corrected chi connectivity index (χ4v) is 2.78. The molecule has 17 heavy (non-hydrogen) atoms. The van der Waals surface area contributed by atoms with Gasteiger partial charge in [-0.25, -0.2) is 0 Å². The number of pyridine rings is 1. The van der Waals surface area contributed by atoms with Gasteiger partial charge in [0.05, 0.1) is 5.69 Å². The number of nitrogens with zero attached hydrogens (tertiary/aromatic N) is 1. The summed E-state index contributed by atoms with van der Waals surface area (Å²) in [6.45, 7) is 2.64. The van der Waals surface area contributed by atoms with Gasteiger partial charge in [0.25, 0.3) is 0 Å². The lowest BCUT2D eigenvalue weighted by Gasteiger charge is -2.25. The molecule has 1 aliphatic rings. The summed E-state index contributed by atoms with van der Waals surface area (Å²) in [6, 6.07) is 4.06. The molecule has 1 aromatic heterocycles. The fraction of sp³-hybridized carbons (Fsp3) is 0.500. The predicted octanol–water partition coefficient (Wildman–Crippen LogP) is 0.873. The molecule has 0 bridgehead atoms. The monoisotopic (exact) mass is 252 g/mol. The van der Waals surface area contributed by atoms with Gasteiger partial charge in [-0.2, -0.15) is 11.8 Å². The van der Waals surface area contributed by atoms with Gasteiger partial charge in [0.1, 0.15) is 6.10 Å². The van der Waals surface area contributed by atoms with Crippen molar-refractivity contribution >= 4 is 17.7 Å². The maximum atomic E-state index is 11.1. The molecule has 4 nitrogen and oxygen atoms in total. The van der Waals surface area contributed by atoms with Gasteiger partial charge in [0.15, 0.2) is 0 Å². The van der Waals surface area contributed by atoms with Gasteiger partial charge in [0.2, 0.25) is 5.91 Å². The van der Waals surface area contributed by atoms with E-state index in [1.807, 2.05) is 25.3 Å².